The first-order valence-electron chi connectivity index (χ1n) is 9.58. The molecule has 0 bridgehead atoms. The fraction of sp³-hybridized carbons (Fsp3) is 0.261. The van der Waals surface area contributed by atoms with Gasteiger partial charge in [0.1, 0.15) is 11.6 Å². The van der Waals surface area contributed by atoms with E-state index >= 15 is 0 Å². The monoisotopic (exact) mass is 389 g/mol. The molecule has 0 N–H and O–H groups in total. The zero-order valence-corrected chi connectivity index (χ0v) is 16.6. The van der Waals surface area contributed by atoms with Crippen LogP contribution in [-0.2, 0) is 15.1 Å². The second-order valence-electron chi connectivity index (χ2n) is 7.49. The average Bonchev–Trinajstić information content (AvgIpc) is 3.31. The Morgan fingerprint density at radius 3 is 2.28 bits per heavy atom. The number of imidazole rings is 1. The van der Waals surface area contributed by atoms with Crippen molar-refractivity contribution in [2.75, 3.05) is 0 Å². The smallest absolute Gasteiger partial charge is 0.417 e. The van der Waals surface area contributed by atoms with Crippen LogP contribution >= 0.6 is 0 Å². The first-order chi connectivity index (χ1) is 13.9. The van der Waals surface area contributed by atoms with Crippen molar-refractivity contribution < 1.29 is 14.3 Å². The maximum atomic E-state index is 13.9. The van der Waals surface area contributed by atoms with Crippen molar-refractivity contribution in [2.45, 2.75) is 38.5 Å². The predicted octanol–water partition coefficient (Wildman–Crippen LogP) is 4.06. The molecule has 29 heavy (non-hydrogen) atoms. The van der Waals surface area contributed by atoms with Crippen LogP contribution in [0.25, 0.3) is 0 Å². The Labute approximate surface area is 169 Å². The number of carbonyl (C=O) groups excluding carboxylic acids is 2. The summed E-state index contributed by atoms with van der Waals surface area (Å²) < 4.78 is 7.37. The standard InChI is InChI=1S/C23H23N3O3/c1-16-14-25(15-24-16)23(3,19-12-8-5-9-13-19)21(27)26-17(2)20(29-22(26)28)18-10-6-4-7-11-18/h4-15,17,20H,1-3H3/t17-,20-,23+/m1/s1. The second-order valence-corrected chi connectivity index (χ2v) is 7.49. The Morgan fingerprint density at radius 2 is 1.69 bits per heavy atom. The van der Waals surface area contributed by atoms with E-state index in [0.717, 1.165) is 16.8 Å². The molecule has 0 unspecified atom stereocenters. The van der Waals surface area contributed by atoms with Crippen molar-refractivity contribution in [3.05, 3.63) is 90.0 Å². The van der Waals surface area contributed by atoms with Crippen LogP contribution < -0.4 is 0 Å². The van der Waals surface area contributed by atoms with Gasteiger partial charge in [-0.1, -0.05) is 60.7 Å². The number of cyclic esters (lactones) is 1. The highest BCUT2D eigenvalue weighted by atomic mass is 16.6. The lowest BCUT2D eigenvalue weighted by Gasteiger charge is -2.34. The minimum Gasteiger partial charge on any atom is -0.439 e. The van der Waals surface area contributed by atoms with E-state index in [0.29, 0.717) is 0 Å². The largest absolute Gasteiger partial charge is 0.439 e. The molecule has 2 aromatic carbocycles. The molecule has 0 aliphatic carbocycles. The summed E-state index contributed by atoms with van der Waals surface area (Å²) in [5.74, 6) is -0.350. The Kier molecular flexibility index (Phi) is 4.70. The number of carbonyl (C=O) groups is 2. The van der Waals surface area contributed by atoms with Gasteiger partial charge in [-0.15, -0.1) is 0 Å². The second kappa shape index (κ2) is 7.20. The number of imide groups is 1. The highest BCUT2D eigenvalue weighted by Gasteiger charge is 2.50. The van der Waals surface area contributed by atoms with Crippen LogP contribution in [0.4, 0.5) is 4.79 Å². The average molecular weight is 389 g/mol. The van der Waals surface area contributed by atoms with Crippen molar-refractivity contribution in [3.8, 4) is 0 Å². The fourth-order valence-electron chi connectivity index (χ4n) is 3.87. The maximum Gasteiger partial charge on any atom is 0.417 e. The highest BCUT2D eigenvalue weighted by Crippen LogP contribution is 2.37. The Morgan fingerprint density at radius 1 is 1.07 bits per heavy atom. The van der Waals surface area contributed by atoms with E-state index in [4.69, 9.17) is 4.74 Å². The molecule has 4 rings (SSSR count). The topological polar surface area (TPSA) is 64.4 Å². The van der Waals surface area contributed by atoms with Crippen molar-refractivity contribution in [2.24, 2.45) is 0 Å². The number of hydrogen-bond acceptors (Lipinski definition) is 4. The molecule has 6 heteroatoms. The van der Waals surface area contributed by atoms with Crippen LogP contribution in [0, 0.1) is 6.92 Å². The van der Waals surface area contributed by atoms with E-state index in [2.05, 4.69) is 4.98 Å². The summed E-state index contributed by atoms with van der Waals surface area (Å²) in [6, 6.07) is 18.5. The summed E-state index contributed by atoms with van der Waals surface area (Å²) >= 11 is 0. The highest BCUT2D eigenvalue weighted by molar-refractivity contribution is 5.99. The van der Waals surface area contributed by atoms with E-state index < -0.39 is 23.8 Å². The van der Waals surface area contributed by atoms with Gasteiger partial charge < -0.3 is 9.30 Å². The number of ether oxygens (including phenoxy) is 1. The summed E-state index contributed by atoms with van der Waals surface area (Å²) in [6.45, 7) is 5.51. The molecule has 2 heterocycles. The molecule has 2 amide bonds. The number of rotatable bonds is 4. The first kappa shape index (κ1) is 18.9. The number of benzene rings is 2. The van der Waals surface area contributed by atoms with E-state index in [1.54, 1.807) is 10.9 Å². The van der Waals surface area contributed by atoms with Crippen molar-refractivity contribution in [3.63, 3.8) is 0 Å². The van der Waals surface area contributed by atoms with Crippen LogP contribution in [0.2, 0.25) is 0 Å². The molecule has 3 atom stereocenters. The third-order valence-corrected chi connectivity index (χ3v) is 5.60. The molecule has 0 radical (unpaired) electrons. The Balaban J connectivity index is 1.76. The van der Waals surface area contributed by atoms with Gasteiger partial charge in [-0.2, -0.15) is 0 Å². The van der Waals surface area contributed by atoms with Gasteiger partial charge in [-0.3, -0.25) is 4.79 Å². The van der Waals surface area contributed by atoms with Crippen LogP contribution in [-0.4, -0.2) is 32.5 Å². The van der Waals surface area contributed by atoms with Gasteiger partial charge in [0.25, 0.3) is 5.91 Å². The van der Waals surface area contributed by atoms with Gasteiger partial charge >= 0.3 is 6.09 Å². The number of aryl methyl sites for hydroxylation is 1. The third kappa shape index (κ3) is 3.10. The van der Waals surface area contributed by atoms with Gasteiger partial charge in [-0.05, 0) is 31.9 Å². The SMILES string of the molecule is Cc1cn([C@](C)(C(=O)N2C(=O)O[C@@H](c3ccccc3)[C@H]2C)c2ccccc2)cn1. The molecule has 1 aromatic heterocycles. The van der Waals surface area contributed by atoms with E-state index in [-0.39, 0.29) is 5.91 Å². The Hall–Kier alpha value is -3.41. The van der Waals surface area contributed by atoms with Gasteiger partial charge in [0.05, 0.1) is 18.1 Å². The number of nitrogens with zero attached hydrogens (tertiary/aromatic N) is 3. The van der Waals surface area contributed by atoms with Gasteiger partial charge in [0.15, 0.2) is 0 Å². The lowest BCUT2D eigenvalue weighted by molar-refractivity contribution is -0.135. The fourth-order valence-corrected chi connectivity index (χ4v) is 3.87. The molecule has 1 saturated heterocycles. The minimum atomic E-state index is -1.14. The van der Waals surface area contributed by atoms with Gasteiger partial charge in [-0.25, -0.2) is 14.7 Å². The van der Waals surface area contributed by atoms with Crippen molar-refractivity contribution >= 4 is 12.0 Å². The number of hydrogen-bond donors (Lipinski definition) is 0. The van der Waals surface area contributed by atoms with E-state index in [9.17, 15) is 9.59 Å². The lowest BCUT2D eigenvalue weighted by atomic mass is 9.89. The molecule has 1 fully saturated rings. The third-order valence-electron chi connectivity index (χ3n) is 5.60. The molecule has 6 nitrogen and oxygen atoms in total. The van der Waals surface area contributed by atoms with E-state index in [1.165, 1.54) is 4.90 Å². The molecule has 0 spiro atoms. The normalized spacial score (nSPS) is 20.9. The summed E-state index contributed by atoms with van der Waals surface area (Å²) in [5, 5.41) is 0. The minimum absolute atomic E-state index is 0.350. The van der Waals surface area contributed by atoms with Crippen LogP contribution in [0.15, 0.2) is 73.2 Å². The molecule has 3 aromatic rings. The van der Waals surface area contributed by atoms with Crippen molar-refractivity contribution in [1.82, 2.24) is 14.5 Å². The maximum absolute atomic E-state index is 13.9. The van der Waals surface area contributed by atoms with Crippen LogP contribution in [0.3, 0.4) is 0 Å². The summed E-state index contributed by atoms with van der Waals surface area (Å²) in [7, 11) is 0. The molecule has 0 saturated carbocycles. The number of aromatic nitrogens is 2. The molecular formula is C23H23N3O3. The molecule has 1 aliphatic rings. The summed E-state index contributed by atoms with van der Waals surface area (Å²) in [6.07, 6.45) is 2.31. The molecular weight excluding hydrogens is 366 g/mol. The van der Waals surface area contributed by atoms with Gasteiger partial charge in [0, 0.05) is 6.20 Å². The van der Waals surface area contributed by atoms with Crippen LogP contribution in [0.5, 0.6) is 0 Å². The Bertz CT molecular complexity index is 1030. The lowest BCUT2D eigenvalue weighted by Crippen LogP contribution is -2.52. The summed E-state index contributed by atoms with van der Waals surface area (Å²) in [4.78, 5) is 32.2. The van der Waals surface area contributed by atoms with E-state index in [1.807, 2.05) is 87.6 Å². The molecule has 1 aliphatic heterocycles. The zero-order valence-electron chi connectivity index (χ0n) is 16.6. The van der Waals surface area contributed by atoms with Crippen LogP contribution in [0.1, 0.15) is 36.8 Å². The zero-order chi connectivity index (χ0) is 20.6. The number of amides is 2. The van der Waals surface area contributed by atoms with Crippen molar-refractivity contribution in [1.29, 1.82) is 0 Å². The van der Waals surface area contributed by atoms with Gasteiger partial charge in [0.2, 0.25) is 0 Å². The first-order valence-corrected chi connectivity index (χ1v) is 9.58. The molecule has 148 valence electrons. The quantitative estimate of drug-likeness (QED) is 0.675. The predicted molar refractivity (Wildman–Crippen MR) is 108 cm³/mol. The summed E-state index contributed by atoms with van der Waals surface area (Å²) in [5.41, 5.74) is 1.29.